The van der Waals surface area contributed by atoms with Gasteiger partial charge in [0.1, 0.15) is 5.82 Å². The van der Waals surface area contributed by atoms with Crippen molar-refractivity contribution in [2.45, 2.75) is 18.7 Å². The topological polar surface area (TPSA) is 50.4 Å². The molecule has 0 radical (unpaired) electrons. The van der Waals surface area contributed by atoms with Crippen LogP contribution in [0.5, 0.6) is 0 Å². The summed E-state index contributed by atoms with van der Waals surface area (Å²) in [4.78, 5) is 12.7. The summed E-state index contributed by atoms with van der Waals surface area (Å²) in [5.41, 5.74) is 4.87. The molecule has 152 valence electrons. The summed E-state index contributed by atoms with van der Waals surface area (Å²) in [6.45, 7) is 1.08. The second-order valence-electron chi connectivity index (χ2n) is 7.40. The molecule has 0 aromatic heterocycles. The number of carbonyl (C=O) groups excluding carboxylic acids is 1. The van der Waals surface area contributed by atoms with Gasteiger partial charge in [0.15, 0.2) is 0 Å². The Balaban J connectivity index is 1.61. The highest BCUT2D eigenvalue weighted by Crippen LogP contribution is 2.42. The molecule has 2 aliphatic rings. The van der Waals surface area contributed by atoms with Crippen molar-refractivity contribution in [1.29, 1.82) is 0 Å². The van der Waals surface area contributed by atoms with Crippen LogP contribution in [0.1, 0.15) is 44.7 Å². The van der Waals surface area contributed by atoms with Crippen LogP contribution in [0.15, 0.2) is 59.1 Å². The van der Waals surface area contributed by atoms with E-state index in [0.717, 1.165) is 26.9 Å². The van der Waals surface area contributed by atoms with Crippen LogP contribution in [0, 0.1) is 5.82 Å². The third kappa shape index (κ3) is 3.39. The van der Waals surface area contributed by atoms with E-state index in [-0.39, 0.29) is 11.9 Å². The van der Waals surface area contributed by atoms with Gasteiger partial charge in [-0.2, -0.15) is 0 Å². The van der Waals surface area contributed by atoms with E-state index < -0.39 is 11.9 Å². The van der Waals surface area contributed by atoms with Gasteiger partial charge < -0.3 is 15.4 Å². The van der Waals surface area contributed by atoms with Crippen molar-refractivity contribution in [3.05, 3.63) is 97.7 Å². The average molecular weight is 488 g/mol. The number of rotatable bonds is 3. The second-order valence-corrected chi connectivity index (χ2v) is 8.72. The van der Waals surface area contributed by atoms with Crippen molar-refractivity contribution in [3.8, 4) is 0 Å². The van der Waals surface area contributed by atoms with Crippen LogP contribution in [0.3, 0.4) is 0 Å². The number of amides is 1. The zero-order valence-electron chi connectivity index (χ0n) is 15.7. The smallest absolute Gasteiger partial charge is 0.252 e. The Morgan fingerprint density at radius 3 is 2.83 bits per heavy atom. The van der Waals surface area contributed by atoms with Gasteiger partial charge in [0.05, 0.1) is 25.3 Å². The minimum Gasteiger partial charge on any atom is -0.376 e. The molecule has 0 unspecified atom stereocenters. The number of hydrogen-bond donors (Lipinski definition) is 2. The summed E-state index contributed by atoms with van der Waals surface area (Å²) in [7, 11) is 0. The molecule has 7 heteroatoms. The first-order valence-electron chi connectivity index (χ1n) is 9.52. The molecule has 0 saturated carbocycles. The average Bonchev–Trinajstić information content (AvgIpc) is 3.06. The number of carbonyl (C=O) groups is 1. The number of hydrogen-bond acceptors (Lipinski definition) is 3. The van der Waals surface area contributed by atoms with E-state index >= 15 is 0 Å². The molecule has 2 N–H and O–H groups in total. The van der Waals surface area contributed by atoms with Gasteiger partial charge in [-0.05, 0) is 41.5 Å². The molecular weight excluding hydrogens is 471 g/mol. The van der Waals surface area contributed by atoms with E-state index in [1.165, 1.54) is 18.2 Å². The molecule has 2 aliphatic heterocycles. The Hall–Kier alpha value is -2.41. The number of ether oxygens (including phenoxy) is 1. The molecule has 0 spiro atoms. The quantitative estimate of drug-likeness (QED) is 0.494. The fourth-order valence-corrected chi connectivity index (χ4v) is 4.86. The Bertz CT molecular complexity index is 1170. The van der Waals surface area contributed by atoms with Crippen LogP contribution < -0.4 is 10.6 Å². The maximum Gasteiger partial charge on any atom is 0.252 e. The van der Waals surface area contributed by atoms with Crippen LogP contribution in [0.25, 0.3) is 0 Å². The van der Waals surface area contributed by atoms with Crippen LogP contribution >= 0.6 is 27.5 Å². The third-order valence-electron chi connectivity index (χ3n) is 5.52. The van der Waals surface area contributed by atoms with Gasteiger partial charge in [-0.3, -0.25) is 4.79 Å². The highest BCUT2D eigenvalue weighted by molar-refractivity contribution is 9.10. The Labute approximate surface area is 186 Å². The standard InChI is InChI=1S/C23H17BrClFN2O2/c24-13-7-17-21(22(28-23(17)29)16-9-14(26)5-6-18(16)25)19(8-13)27-20-11-30-10-12-3-1-2-4-15(12)20/h1-9,20,22,27H,10-11H2,(H,28,29)/t20-,22-/m0/s1. The summed E-state index contributed by atoms with van der Waals surface area (Å²) in [5, 5.41) is 6.89. The first-order chi connectivity index (χ1) is 14.5. The van der Waals surface area contributed by atoms with Gasteiger partial charge in [-0.25, -0.2) is 4.39 Å². The Morgan fingerprint density at radius 1 is 1.13 bits per heavy atom. The summed E-state index contributed by atoms with van der Waals surface area (Å²) in [5.74, 6) is -0.627. The number of anilines is 1. The predicted molar refractivity (Wildman–Crippen MR) is 117 cm³/mol. The molecule has 30 heavy (non-hydrogen) atoms. The zero-order valence-corrected chi connectivity index (χ0v) is 18.1. The second kappa shape index (κ2) is 7.69. The molecule has 5 rings (SSSR count). The molecule has 3 aromatic carbocycles. The van der Waals surface area contributed by atoms with Crippen LogP contribution in [0.2, 0.25) is 5.02 Å². The van der Waals surface area contributed by atoms with Crippen molar-refractivity contribution in [2.24, 2.45) is 0 Å². The Kier molecular flexibility index (Phi) is 5.01. The molecule has 0 fully saturated rings. The van der Waals surface area contributed by atoms with E-state index in [4.69, 9.17) is 16.3 Å². The number of halogens is 3. The first-order valence-corrected chi connectivity index (χ1v) is 10.7. The molecule has 0 saturated heterocycles. The lowest BCUT2D eigenvalue weighted by atomic mass is 9.94. The van der Waals surface area contributed by atoms with Gasteiger partial charge >= 0.3 is 0 Å². The van der Waals surface area contributed by atoms with Crippen LogP contribution in [-0.2, 0) is 11.3 Å². The number of nitrogens with one attached hydrogen (secondary N) is 2. The molecular formula is C23H17BrClFN2O2. The SMILES string of the molecule is O=C1N[C@@H](c2cc(F)ccc2Cl)c2c(N[C@H]3COCc4ccccc43)cc(Br)cc21. The van der Waals surface area contributed by atoms with E-state index in [0.29, 0.717) is 29.4 Å². The molecule has 2 heterocycles. The van der Waals surface area contributed by atoms with Gasteiger partial charge in [0.2, 0.25) is 0 Å². The van der Waals surface area contributed by atoms with Crippen molar-refractivity contribution in [2.75, 3.05) is 11.9 Å². The van der Waals surface area contributed by atoms with Gasteiger partial charge in [0, 0.05) is 31.9 Å². The normalized spacial score (nSPS) is 19.8. The molecule has 1 amide bonds. The maximum absolute atomic E-state index is 14.0. The fourth-order valence-electron chi connectivity index (χ4n) is 4.18. The molecule has 3 aromatic rings. The van der Waals surface area contributed by atoms with Gasteiger partial charge in [-0.1, -0.05) is 51.8 Å². The minimum atomic E-state index is -0.550. The van der Waals surface area contributed by atoms with Crippen molar-refractivity contribution >= 4 is 39.1 Å². The van der Waals surface area contributed by atoms with Crippen LogP contribution in [-0.4, -0.2) is 12.5 Å². The molecule has 2 atom stereocenters. The monoisotopic (exact) mass is 486 g/mol. The summed E-state index contributed by atoms with van der Waals surface area (Å²) in [6, 6.07) is 15.4. The highest BCUT2D eigenvalue weighted by atomic mass is 79.9. The summed E-state index contributed by atoms with van der Waals surface area (Å²) < 4.78 is 20.5. The van der Waals surface area contributed by atoms with Gasteiger partial charge in [-0.15, -0.1) is 0 Å². The zero-order chi connectivity index (χ0) is 20.8. The Morgan fingerprint density at radius 2 is 1.97 bits per heavy atom. The largest absolute Gasteiger partial charge is 0.376 e. The lowest BCUT2D eigenvalue weighted by Gasteiger charge is -2.29. The summed E-state index contributed by atoms with van der Waals surface area (Å²) >= 11 is 9.87. The van der Waals surface area contributed by atoms with Crippen molar-refractivity contribution in [3.63, 3.8) is 0 Å². The lowest BCUT2D eigenvalue weighted by molar-refractivity contribution is 0.0960. The minimum absolute atomic E-state index is 0.0762. The van der Waals surface area contributed by atoms with E-state index in [9.17, 15) is 9.18 Å². The molecule has 0 bridgehead atoms. The third-order valence-corrected chi connectivity index (χ3v) is 6.33. The fraction of sp³-hybridized carbons (Fsp3) is 0.174. The van der Waals surface area contributed by atoms with E-state index in [1.807, 2.05) is 18.2 Å². The van der Waals surface area contributed by atoms with E-state index in [2.05, 4.69) is 38.7 Å². The molecule has 0 aliphatic carbocycles. The number of fused-ring (bicyclic) bond motifs is 2. The molecule has 4 nitrogen and oxygen atoms in total. The predicted octanol–water partition coefficient (Wildman–Crippen LogP) is 5.76. The first kappa shape index (κ1) is 19.5. The lowest BCUT2D eigenvalue weighted by Crippen LogP contribution is -2.24. The maximum atomic E-state index is 14.0. The van der Waals surface area contributed by atoms with E-state index in [1.54, 1.807) is 6.07 Å². The summed E-state index contributed by atoms with van der Waals surface area (Å²) in [6.07, 6.45) is 0. The van der Waals surface area contributed by atoms with Gasteiger partial charge in [0.25, 0.3) is 5.91 Å². The highest BCUT2D eigenvalue weighted by Gasteiger charge is 2.35. The van der Waals surface area contributed by atoms with Crippen molar-refractivity contribution < 1.29 is 13.9 Å². The van der Waals surface area contributed by atoms with Crippen LogP contribution in [0.4, 0.5) is 10.1 Å². The number of benzene rings is 3. The van der Waals surface area contributed by atoms with Crippen molar-refractivity contribution in [1.82, 2.24) is 5.32 Å².